The van der Waals surface area contributed by atoms with E-state index in [2.05, 4.69) is 5.32 Å². The molecule has 0 aromatic rings. The molecular formula is C9H20N2O3. The molecule has 0 rings (SSSR count). The predicted molar refractivity (Wildman–Crippen MR) is 53.5 cm³/mol. The van der Waals surface area contributed by atoms with Crippen molar-refractivity contribution in [1.29, 1.82) is 0 Å². The van der Waals surface area contributed by atoms with Crippen LogP contribution < -0.4 is 11.1 Å². The molecule has 0 saturated heterocycles. The summed E-state index contributed by atoms with van der Waals surface area (Å²) in [5.74, 6) is -0.331. The summed E-state index contributed by atoms with van der Waals surface area (Å²) in [6.07, 6.45) is 0. The van der Waals surface area contributed by atoms with Crippen molar-refractivity contribution in [2.45, 2.75) is 32.4 Å². The zero-order valence-electron chi connectivity index (χ0n) is 8.95. The van der Waals surface area contributed by atoms with Gasteiger partial charge in [0.2, 0.25) is 5.91 Å². The SMILES string of the molecule is CC(C)[C@H](N)C(=O)NC(C)(CO)CO. The van der Waals surface area contributed by atoms with Crippen LogP contribution in [0.25, 0.3) is 0 Å². The lowest BCUT2D eigenvalue weighted by atomic mass is 10.0. The van der Waals surface area contributed by atoms with Gasteiger partial charge in [-0.25, -0.2) is 0 Å². The van der Waals surface area contributed by atoms with E-state index >= 15 is 0 Å². The molecule has 84 valence electrons. The Morgan fingerprint density at radius 1 is 1.43 bits per heavy atom. The average molecular weight is 204 g/mol. The van der Waals surface area contributed by atoms with Crippen LogP contribution in [0.5, 0.6) is 0 Å². The molecule has 0 aliphatic carbocycles. The Morgan fingerprint density at radius 3 is 2.14 bits per heavy atom. The van der Waals surface area contributed by atoms with Crippen LogP contribution in [-0.4, -0.2) is 40.9 Å². The molecule has 0 heterocycles. The fourth-order valence-electron chi connectivity index (χ4n) is 0.813. The van der Waals surface area contributed by atoms with Crippen molar-refractivity contribution in [3.8, 4) is 0 Å². The highest BCUT2D eigenvalue weighted by molar-refractivity contribution is 5.82. The molecule has 5 N–H and O–H groups in total. The van der Waals surface area contributed by atoms with Gasteiger partial charge in [0.05, 0.1) is 24.8 Å². The molecule has 5 nitrogen and oxygen atoms in total. The van der Waals surface area contributed by atoms with E-state index in [0.717, 1.165) is 0 Å². The number of carbonyl (C=O) groups is 1. The second-order valence-corrected chi connectivity index (χ2v) is 4.14. The van der Waals surface area contributed by atoms with Crippen molar-refractivity contribution in [1.82, 2.24) is 5.32 Å². The summed E-state index contributed by atoms with van der Waals surface area (Å²) in [6, 6.07) is -0.618. The lowest BCUT2D eigenvalue weighted by Gasteiger charge is -2.28. The largest absolute Gasteiger partial charge is 0.394 e. The van der Waals surface area contributed by atoms with Crippen LogP contribution in [-0.2, 0) is 4.79 Å². The predicted octanol–water partition coefficient (Wildman–Crippen LogP) is -1.17. The molecule has 0 saturated carbocycles. The number of nitrogens with one attached hydrogen (secondary N) is 1. The third-order valence-corrected chi connectivity index (χ3v) is 2.14. The zero-order chi connectivity index (χ0) is 11.4. The minimum absolute atomic E-state index is 0.0247. The summed E-state index contributed by atoms with van der Waals surface area (Å²) < 4.78 is 0. The number of amides is 1. The third kappa shape index (κ3) is 3.61. The summed E-state index contributed by atoms with van der Waals surface area (Å²) in [5, 5.41) is 20.4. The minimum Gasteiger partial charge on any atom is -0.394 e. The van der Waals surface area contributed by atoms with Crippen molar-refractivity contribution in [2.24, 2.45) is 11.7 Å². The molecule has 14 heavy (non-hydrogen) atoms. The van der Waals surface area contributed by atoms with Gasteiger partial charge in [-0.3, -0.25) is 4.79 Å². The fraction of sp³-hybridized carbons (Fsp3) is 0.889. The van der Waals surface area contributed by atoms with Crippen molar-refractivity contribution < 1.29 is 15.0 Å². The zero-order valence-corrected chi connectivity index (χ0v) is 8.95. The maximum absolute atomic E-state index is 11.5. The van der Waals surface area contributed by atoms with Crippen LogP contribution in [0.15, 0.2) is 0 Å². The average Bonchev–Trinajstić information content (AvgIpc) is 2.16. The molecule has 0 aliphatic rings. The minimum atomic E-state index is -0.996. The first-order valence-corrected chi connectivity index (χ1v) is 4.65. The van der Waals surface area contributed by atoms with Crippen LogP contribution in [0.1, 0.15) is 20.8 Å². The van der Waals surface area contributed by atoms with E-state index in [1.807, 2.05) is 13.8 Å². The summed E-state index contributed by atoms with van der Waals surface area (Å²) in [4.78, 5) is 11.5. The molecule has 1 atom stereocenters. The van der Waals surface area contributed by atoms with Gasteiger partial charge < -0.3 is 21.3 Å². The molecule has 0 spiro atoms. The van der Waals surface area contributed by atoms with Gasteiger partial charge in [0.25, 0.3) is 0 Å². The normalized spacial score (nSPS) is 14.2. The highest BCUT2D eigenvalue weighted by atomic mass is 16.3. The second kappa shape index (κ2) is 5.29. The van der Waals surface area contributed by atoms with Crippen molar-refractivity contribution in [3.05, 3.63) is 0 Å². The third-order valence-electron chi connectivity index (χ3n) is 2.14. The highest BCUT2D eigenvalue weighted by Gasteiger charge is 2.28. The standard InChI is InChI=1S/C9H20N2O3/c1-6(2)7(10)8(14)11-9(3,4-12)5-13/h6-7,12-13H,4-5,10H2,1-3H3,(H,11,14)/t7-/m0/s1. The van der Waals surface area contributed by atoms with Gasteiger partial charge in [0, 0.05) is 0 Å². The first kappa shape index (κ1) is 13.4. The monoisotopic (exact) mass is 204 g/mol. The number of rotatable bonds is 5. The highest BCUT2D eigenvalue weighted by Crippen LogP contribution is 2.04. The summed E-state index contributed by atoms with van der Waals surface area (Å²) >= 11 is 0. The topological polar surface area (TPSA) is 95.6 Å². The lowest BCUT2D eigenvalue weighted by Crippen LogP contribution is -2.57. The molecule has 0 aromatic carbocycles. The maximum Gasteiger partial charge on any atom is 0.237 e. The Labute approximate surface area is 84.3 Å². The van der Waals surface area contributed by atoms with E-state index < -0.39 is 11.6 Å². The van der Waals surface area contributed by atoms with E-state index in [4.69, 9.17) is 15.9 Å². The van der Waals surface area contributed by atoms with Crippen LogP contribution in [0.2, 0.25) is 0 Å². The number of hydrogen-bond donors (Lipinski definition) is 4. The number of nitrogens with two attached hydrogens (primary N) is 1. The molecule has 5 heteroatoms. The summed E-state index contributed by atoms with van der Waals surface area (Å²) in [6.45, 7) is 4.58. The van der Waals surface area contributed by atoms with Gasteiger partial charge in [-0.15, -0.1) is 0 Å². The molecule has 0 bridgehead atoms. The van der Waals surface area contributed by atoms with E-state index in [1.165, 1.54) is 0 Å². The molecule has 0 fully saturated rings. The Balaban J connectivity index is 4.30. The van der Waals surface area contributed by atoms with Gasteiger partial charge >= 0.3 is 0 Å². The van der Waals surface area contributed by atoms with Gasteiger partial charge in [-0.05, 0) is 12.8 Å². The molecule has 0 unspecified atom stereocenters. The van der Waals surface area contributed by atoms with Gasteiger partial charge in [0.1, 0.15) is 0 Å². The van der Waals surface area contributed by atoms with Crippen molar-refractivity contribution in [2.75, 3.05) is 13.2 Å². The molecule has 0 aliphatic heterocycles. The van der Waals surface area contributed by atoms with Crippen molar-refractivity contribution >= 4 is 5.91 Å². The van der Waals surface area contributed by atoms with E-state index in [9.17, 15) is 4.79 Å². The van der Waals surface area contributed by atoms with Crippen LogP contribution >= 0.6 is 0 Å². The van der Waals surface area contributed by atoms with Crippen molar-refractivity contribution in [3.63, 3.8) is 0 Å². The number of aliphatic hydroxyl groups is 2. The van der Waals surface area contributed by atoms with Gasteiger partial charge in [-0.1, -0.05) is 13.8 Å². The number of aliphatic hydroxyl groups excluding tert-OH is 2. The van der Waals surface area contributed by atoms with Crippen LogP contribution in [0, 0.1) is 5.92 Å². The van der Waals surface area contributed by atoms with E-state index in [-0.39, 0.29) is 25.0 Å². The molecular weight excluding hydrogens is 184 g/mol. The number of hydrogen-bond acceptors (Lipinski definition) is 4. The summed E-state index contributed by atoms with van der Waals surface area (Å²) in [5.41, 5.74) is 4.60. The van der Waals surface area contributed by atoms with E-state index in [1.54, 1.807) is 6.92 Å². The van der Waals surface area contributed by atoms with E-state index in [0.29, 0.717) is 0 Å². The smallest absolute Gasteiger partial charge is 0.237 e. The van der Waals surface area contributed by atoms with Gasteiger partial charge in [0.15, 0.2) is 0 Å². The Hall–Kier alpha value is -0.650. The van der Waals surface area contributed by atoms with Gasteiger partial charge in [-0.2, -0.15) is 0 Å². The Bertz CT molecular complexity index is 190. The maximum atomic E-state index is 11.5. The quantitative estimate of drug-likeness (QED) is 0.454. The fourth-order valence-corrected chi connectivity index (χ4v) is 0.813. The second-order valence-electron chi connectivity index (χ2n) is 4.14. The Morgan fingerprint density at radius 2 is 1.86 bits per heavy atom. The summed E-state index contributed by atoms with van der Waals surface area (Å²) in [7, 11) is 0. The first-order chi connectivity index (χ1) is 6.36. The van der Waals surface area contributed by atoms with Crippen LogP contribution in [0.3, 0.4) is 0 Å². The lowest BCUT2D eigenvalue weighted by molar-refractivity contribution is -0.126. The van der Waals surface area contributed by atoms with Crippen LogP contribution in [0.4, 0.5) is 0 Å². The molecule has 0 aromatic heterocycles. The molecule has 1 amide bonds. The first-order valence-electron chi connectivity index (χ1n) is 4.65. The number of carbonyl (C=O) groups excluding carboxylic acids is 1. The molecule has 0 radical (unpaired) electrons. The Kier molecular flexibility index (Phi) is 5.04.